The van der Waals surface area contributed by atoms with Gasteiger partial charge in [-0.05, 0) is 44.0 Å². The van der Waals surface area contributed by atoms with Crippen LogP contribution in [0, 0.1) is 11.3 Å². The summed E-state index contributed by atoms with van der Waals surface area (Å²) in [7, 11) is 1.82. The summed E-state index contributed by atoms with van der Waals surface area (Å²) in [5.74, 6) is 0.367. The fourth-order valence-electron chi connectivity index (χ4n) is 4.48. The lowest BCUT2D eigenvalue weighted by atomic mass is 9.81. The molecule has 1 saturated heterocycles. The lowest BCUT2D eigenvalue weighted by molar-refractivity contribution is -0.915. The van der Waals surface area contributed by atoms with Crippen molar-refractivity contribution in [2.75, 3.05) is 38.1 Å². The normalized spacial score (nSPS) is 21.3. The maximum atomic E-state index is 13.1. The number of hydrogen-bond donors (Lipinski definition) is 2. The van der Waals surface area contributed by atoms with Gasteiger partial charge in [0.25, 0.3) is 5.91 Å². The number of amides is 1. The maximum absolute atomic E-state index is 13.1. The van der Waals surface area contributed by atoms with Gasteiger partial charge in [-0.2, -0.15) is 5.26 Å². The Morgan fingerprint density at radius 2 is 1.81 bits per heavy atom. The average molecular weight is 372 g/mol. The zero-order valence-electron chi connectivity index (χ0n) is 16.4. The van der Waals surface area contributed by atoms with Crippen LogP contribution in [-0.4, -0.2) is 60.7 Å². The molecule has 0 aromatic heterocycles. The molecule has 2 fully saturated rings. The molecular weight excluding hydrogens is 340 g/mol. The molecule has 3 rings (SSSR count). The van der Waals surface area contributed by atoms with Crippen molar-refractivity contribution in [1.82, 2.24) is 4.90 Å². The third kappa shape index (κ3) is 4.03. The molecular formula is C21H31N4O2+. The summed E-state index contributed by atoms with van der Waals surface area (Å²) < 4.78 is 0. The molecule has 2 N–H and O–H groups in total. The summed E-state index contributed by atoms with van der Waals surface area (Å²) in [5, 5.41) is 19.2. The molecule has 1 atom stereocenters. The Morgan fingerprint density at radius 1 is 1.22 bits per heavy atom. The van der Waals surface area contributed by atoms with E-state index >= 15 is 0 Å². The molecule has 0 unspecified atom stereocenters. The number of hydrogen-bond acceptors (Lipinski definition) is 4. The van der Waals surface area contributed by atoms with Crippen LogP contribution < -0.4 is 9.80 Å². The van der Waals surface area contributed by atoms with Gasteiger partial charge in [0.1, 0.15) is 11.3 Å². The van der Waals surface area contributed by atoms with E-state index in [2.05, 4.69) is 11.0 Å². The van der Waals surface area contributed by atoms with Crippen molar-refractivity contribution in [3.05, 3.63) is 24.3 Å². The van der Waals surface area contributed by atoms with Gasteiger partial charge in [-0.1, -0.05) is 19.3 Å². The van der Waals surface area contributed by atoms with Crippen LogP contribution in [0.3, 0.4) is 0 Å². The molecule has 0 bridgehead atoms. The quantitative estimate of drug-likeness (QED) is 0.833. The number of piperazine rings is 1. The fourth-order valence-corrected chi connectivity index (χ4v) is 4.48. The number of nitriles is 1. The number of rotatable bonds is 4. The second-order valence-corrected chi connectivity index (χ2v) is 7.98. The monoisotopic (exact) mass is 371 g/mol. The minimum absolute atomic E-state index is 0.0894. The minimum Gasteiger partial charge on any atom is -0.508 e. The summed E-state index contributed by atoms with van der Waals surface area (Å²) >= 11 is 0. The van der Waals surface area contributed by atoms with Gasteiger partial charge in [-0.25, -0.2) is 0 Å². The Bertz CT molecular complexity index is 683. The van der Waals surface area contributed by atoms with Crippen molar-refractivity contribution in [2.45, 2.75) is 50.6 Å². The topological polar surface area (TPSA) is 72.0 Å². The summed E-state index contributed by atoms with van der Waals surface area (Å²) in [6, 6.07) is 9.61. The van der Waals surface area contributed by atoms with E-state index in [0.29, 0.717) is 0 Å². The van der Waals surface area contributed by atoms with E-state index in [1.54, 1.807) is 17.0 Å². The van der Waals surface area contributed by atoms with Crippen LogP contribution in [0.2, 0.25) is 0 Å². The molecule has 1 aliphatic carbocycles. The third-order valence-corrected chi connectivity index (χ3v) is 6.46. The Labute approximate surface area is 162 Å². The number of anilines is 1. The number of likely N-dealkylation sites (N-methyl/N-ethyl adjacent to an activating group) is 1. The zero-order valence-corrected chi connectivity index (χ0v) is 16.4. The largest absolute Gasteiger partial charge is 0.508 e. The number of carbonyl (C=O) groups excluding carboxylic acids is 1. The lowest BCUT2D eigenvalue weighted by Crippen LogP contribution is -3.19. The van der Waals surface area contributed by atoms with E-state index < -0.39 is 5.54 Å². The first-order chi connectivity index (χ1) is 13.0. The second kappa shape index (κ2) is 8.18. The molecule has 1 heterocycles. The molecule has 2 aliphatic rings. The van der Waals surface area contributed by atoms with Gasteiger partial charge < -0.3 is 19.8 Å². The first-order valence-electron chi connectivity index (χ1n) is 10.0. The highest BCUT2D eigenvalue weighted by molar-refractivity contribution is 5.81. The Morgan fingerprint density at radius 3 is 2.37 bits per heavy atom. The van der Waals surface area contributed by atoms with Crippen molar-refractivity contribution in [2.24, 2.45) is 0 Å². The van der Waals surface area contributed by atoms with E-state index in [4.69, 9.17) is 0 Å². The Balaban J connectivity index is 1.59. The molecule has 1 aromatic rings. The fraction of sp³-hybridized carbons (Fsp3) is 0.619. The lowest BCUT2D eigenvalue weighted by Gasteiger charge is -2.42. The molecule has 6 heteroatoms. The Hall–Kier alpha value is -2.26. The van der Waals surface area contributed by atoms with Crippen LogP contribution >= 0.6 is 0 Å². The number of carbonyl (C=O) groups is 1. The second-order valence-electron chi connectivity index (χ2n) is 7.98. The molecule has 146 valence electrons. The standard InChI is InChI=1S/C21H30N4O2/c1-17(20(27)23(2)21(16-22)10-4-3-5-11-21)24-12-14-25(15-13-24)18-6-8-19(26)9-7-18/h6-9,17,26H,3-5,10-15H2,1-2H3/p+1/t17-/m1/s1. The van der Waals surface area contributed by atoms with Gasteiger partial charge in [0, 0.05) is 12.7 Å². The predicted octanol–water partition coefficient (Wildman–Crippen LogP) is 1.17. The van der Waals surface area contributed by atoms with E-state index in [1.165, 1.54) is 4.90 Å². The van der Waals surface area contributed by atoms with E-state index in [0.717, 1.165) is 64.0 Å². The highest BCUT2D eigenvalue weighted by atomic mass is 16.3. The average Bonchev–Trinajstić information content (AvgIpc) is 2.73. The van der Waals surface area contributed by atoms with Gasteiger partial charge in [-0.15, -0.1) is 0 Å². The molecule has 0 radical (unpaired) electrons. The molecule has 27 heavy (non-hydrogen) atoms. The summed E-state index contributed by atoms with van der Waals surface area (Å²) in [4.78, 5) is 18.4. The van der Waals surface area contributed by atoms with E-state index in [9.17, 15) is 15.2 Å². The molecule has 0 spiro atoms. The predicted molar refractivity (Wildman–Crippen MR) is 105 cm³/mol. The third-order valence-electron chi connectivity index (χ3n) is 6.46. The van der Waals surface area contributed by atoms with Gasteiger partial charge >= 0.3 is 0 Å². The number of aromatic hydroxyl groups is 1. The summed E-state index contributed by atoms with van der Waals surface area (Å²) in [5.41, 5.74) is 0.491. The first kappa shape index (κ1) is 19.5. The van der Waals surface area contributed by atoms with E-state index in [-0.39, 0.29) is 17.7 Å². The van der Waals surface area contributed by atoms with Gasteiger partial charge in [0.2, 0.25) is 0 Å². The van der Waals surface area contributed by atoms with Gasteiger partial charge in [0.15, 0.2) is 6.04 Å². The van der Waals surface area contributed by atoms with Crippen molar-refractivity contribution < 1.29 is 14.8 Å². The molecule has 1 aromatic carbocycles. The number of nitrogens with zero attached hydrogens (tertiary/aromatic N) is 3. The maximum Gasteiger partial charge on any atom is 0.281 e. The molecule has 6 nitrogen and oxygen atoms in total. The summed E-state index contributed by atoms with van der Waals surface area (Å²) in [6.45, 7) is 5.54. The number of phenolic OH excluding ortho intramolecular Hbond substituents is 1. The molecule has 1 amide bonds. The van der Waals surface area contributed by atoms with Crippen molar-refractivity contribution >= 4 is 11.6 Å². The van der Waals surface area contributed by atoms with Crippen LogP contribution in [0.25, 0.3) is 0 Å². The van der Waals surface area contributed by atoms with Crippen molar-refractivity contribution in [3.8, 4) is 11.8 Å². The van der Waals surface area contributed by atoms with Crippen LogP contribution in [0.1, 0.15) is 39.0 Å². The smallest absolute Gasteiger partial charge is 0.281 e. The van der Waals surface area contributed by atoms with Crippen molar-refractivity contribution in [3.63, 3.8) is 0 Å². The van der Waals surface area contributed by atoms with Crippen LogP contribution in [0.4, 0.5) is 5.69 Å². The van der Waals surface area contributed by atoms with E-state index in [1.807, 2.05) is 26.1 Å². The molecule has 1 aliphatic heterocycles. The number of quaternary nitrogens is 1. The highest BCUT2D eigenvalue weighted by Crippen LogP contribution is 2.32. The SMILES string of the molecule is C[C@H](C(=O)N(C)C1(C#N)CCCCC1)[NH+]1CCN(c2ccc(O)cc2)CC1. The van der Waals surface area contributed by atoms with Crippen LogP contribution in [0.15, 0.2) is 24.3 Å². The van der Waals surface area contributed by atoms with Gasteiger partial charge in [-0.3, -0.25) is 4.79 Å². The van der Waals surface area contributed by atoms with Gasteiger partial charge in [0.05, 0.1) is 32.2 Å². The summed E-state index contributed by atoms with van der Waals surface area (Å²) in [6.07, 6.45) is 4.80. The number of benzene rings is 1. The minimum atomic E-state index is -0.614. The number of phenols is 1. The number of nitrogens with one attached hydrogen (secondary N) is 1. The van der Waals surface area contributed by atoms with Crippen LogP contribution in [0.5, 0.6) is 5.75 Å². The van der Waals surface area contributed by atoms with Crippen molar-refractivity contribution in [1.29, 1.82) is 5.26 Å². The zero-order chi connectivity index (χ0) is 19.4. The first-order valence-corrected chi connectivity index (χ1v) is 10.0. The Kier molecular flexibility index (Phi) is 5.91. The highest BCUT2D eigenvalue weighted by Gasteiger charge is 2.42. The van der Waals surface area contributed by atoms with Crippen LogP contribution in [-0.2, 0) is 4.79 Å². The molecule has 1 saturated carbocycles.